The van der Waals surface area contributed by atoms with Crippen LogP contribution in [0, 0.1) is 5.82 Å². The van der Waals surface area contributed by atoms with Crippen LogP contribution in [-0.2, 0) is 6.61 Å². The van der Waals surface area contributed by atoms with Gasteiger partial charge in [-0.2, -0.15) is 0 Å². The summed E-state index contributed by atoms with van der Waals surface area (Å²) < 4.78 is 13.8. The van der Waals surface area contributed by atoms with Crippen LogP contribution < -0.4 is 4.90 Å². The summed E-state index contributed by atoms with van der Waals surface area (Å²) in [7, 11) is 1.88. The lowest BCUT2D eigenvalue weighted by Gasteiger charge is -2.29. The van der Waals surface area contributed by atoms with E-state index < -0.39 is 0 Å². The molecule has 0 bridgehead atoms. The molecule has 100 valence electrons. The van der Waals surface area contributed by atoms with Crippen molar-refractivity contribution >= 4 is 5.69 Å². The second kappa shape index (κ2) is 5.80. The van der Waals surface area contributed by atoms with Crippen molar-refractivity contribution in [1.29, 1.82) is 0 Å². The van der Waals surface area contributed by atoms with Gasteiger partial charge in [0.2, 0.25) is 0 Å². The van der Waals surface area contributed by atoms with Crippen LogP contribution in [0.5, 0.6) is 0 Å². The zero-order valence-electron chi connectivity index (χ0n) is 11.0. The Bertz CT molecular complexity index is 559. The van der Waals surface area contributed by atoms with Crippen LogP contribution in [0.15, 0.2) is 42.7 Å². The Morgan fingerprint density at radius 3 is 2.74 bits per heavy atom. The van der Waals surface area contributed by atoms with Gasteiger partial charge in [-0.25, -0.2) is 4.39 Å². The predicted molar refractivity (Wildman–Crippen MR) is 73.4 cm³/mol. The molecule has 0 radical (unpaired) electrons. The second-order valence-electron chi connectivity index (χ2n) is 4.47. The molecular formula is C15H17FN2O. The third-order valence-electron chi connectivity index (χ3n) is 3.36. The van der Waals surface area contributed by atoms with Gasteiger partial charge in [0.1, 0.15) is 5.82 Å². The summed E-state index contributed by atoms with van der Waals surface area (Å²) in [6.45, 7) is 1.84. The fraction of sp³-hybridized carbons (Fsp3) is 0.267. The Balaban J connectivity index is 2.34. The first-order valence-electron chi connectivity index (χ1n) is 6.16. The van der Waals surface area contributed by atoms with Gasteiger partial charge < -0.3 is 10.0 Å². The molecule has 1 heterocycles. The number of anilines is 1. The Labute approximate surface area is 112 Å². The molecule has 19 heavy (non-hydrogen) atoms. The van der Waals surface area contributed by atoms with E-state index in [9.17, 15) is 9.50 Å². The highest BCUT2D eigenvalue weighted by molar-refractivity contribution is 5.53. The minimum absolute atomic E-state index is 0.0858. The summed E-state index contributed by atoms with van der Waals surface area (Å²) in [5.41, 5.74) is 2.21. The van der Waals surface area contributed by atoms with Gasteiger partial charge in [0.15, 0.2) is 0 Å². The number of aromatic nitrogens is 1. The zero-order valence-corrected chi connectivity index (χ0v) is 11.0. The third kappa shape index (κ3) is 2.74. The van der Waals surface area contributed by atoms with Crippen LogP contribution in [0.3, 0.4) is 0 Å². The lowest BCUT2D eigenvalue weighted by atomic mass is 10.1. The number of aliphatic hydroxyl groups excluding tert-OH is 1. The molecule has 0 saturated carbocycles. The molecule has 1 atom stereocenters. The number of hydrogen-bond donors (Lipinski definition) is 1. The van der Waals surface area contributed by atoms with E-state index in [0.717, 1.165) is 11.3 Å². The fourth-order valence-corrected chi connectivity index (χ4v) is 2.12. The number of halogens is 1. The van der Waals surface area contributed by atoms with Gasteiger partial charge >= 0.3 is 0 Å². The monoisotopic (exact) mass is 260 g/mol. The number of pyridine rings is 1. The highest BCUT2D eigenvalue weighted by Gasteiger charge is 2.17. The molecule has 0 aliphatic carbocycles. The summed E-state index contributed by atoms with van der Waals surface area (Å²) >= 11 is 0. The summed E-state index contributed by atoms with van der Waals surface area (Å²) in [6, 6.07) is 8.42. The molecule has 0 saturated heterocycles. The topological polar surface area (TPSA) is 36.4 Å². The van der Waals surface area contributed by atoms with Gasteiger partial charge in [0, 0.05) is 36.3 Å². The number of nitrogens with zero attached hydrogens (tertiary/aromatic N) is 2. The van der Waals surface area contributed by atoms with E-state index in [2.05, 4.69) is 4.98 Å². The minimum atomic E-state index is -0.221. The van der Waals surface area contributed by atoms with Crippen LogP contribution in [0.1, 0.15) is 24.1 Å². The first-order valence-corrected chi connectivity index (χ1v) is 6.16. The van der Waals surface area contributed by atoms with Gasteiger partial charge in [-0.3, -0.25) is 4.98 Å². The van der Waals surface area contributed by atoms with Crippen LogP contribution in [0.25, 0.3) is 0 Å². The smallest absolute Gasteiger partial charge is 0.128 e. The van der Waals surface area contributed by atoms with Gasteiger partial charge in [-0.1, -0.05) is 18.2 Å². The largest absolute Gasteiger partial charge is 0.392 e. The third-order valence-corrected chi connectivity index (χ3v) is 3.36. The molecule has 1 N–H and O–H groups in total. The summed E-state index contributed by atoms with van der Waals surface area (Å²) in [5.74, 6) is -0.221. The molecule has 2 aromatic rings. The number of hydrogen-bond acceptors (Lipinski definition) is 3. The molecule has 0 spiro atoms. The number of aliphatic hydroxyl groups is 1. The summed E-state index contributed by atoms with van der Waals surface area (Å²) in [4.78, 5) is 5.92. The van der Waals surface area contributed by atoms with Crippen molar-refractivity contribution in [2.45, 2.75) is 19.6 Å². The number of benzene rings is 1. The molecule has 1 unspecified atom stereocenters. The van der Waals surface area contributed by atoms with Crippen LogP contribution >= 0.6 is 0 Å². The van der Waals surface area contributed by atoms with E-state index in [1.54, 1.807) is 24.5 Å². The molecule has 3 nitrogen and oxygen atoms in total. The quantitative estimate of drug-likeness (QED) is 0.918. The molecule has 0 aliphatic rings. The highest BCUT2D eigenvalue weighted by Crippen LogP contribution is 2.28. The van der Waals surface area contributed by atoms with Crippen molar-refractivity contribution in [3.63, 3.8) is 0 Å². The summed E-state index contributed by atoms with van der Waals surface area (Å²) in [6.07, 6.45) is 3.29. The molecular weight excluding hydrogens is 243 g/mol. The van der Waals surface area contributed by atoms with Crippen molar-refractivity contribution in [3.8, 4) is 0 Å². The Hall–Kier alpha value is -1.94. The van der Waals surface area contributed by atoms with E-state index in [1.807, 2.05) is 31.0 Å². The van der Waals surface area contributed by atoms with Crippen molar-refractivity contribution in [2.24, 2.45) is 0 Å². The lowest BCUT2D eigenvalue weighted by Crippen LogP contribution is -2.23. The maximum absolute atomic E-state index is 13.8. The predicted octanol–water partition coefficient (Wildman–Crippen LogP) is 2.91. The highest BCUT2D eigenvalue weighted by atomic mass is 19.1. The Morgan fingerprint density at radius 1 is 1.32 bits per heavy atom. The normalized spacial score (nSPS) is 12.2. The maximum atomic E-state index is 13.8. The molecule has 4 heteroatoms. The van der Waals surface area contributed by atoms with Crippen LogP contribution in [-0.4, -0.2) is 17.1 Å². The van der Waals surface area contributed by atoms with Crippen molar-refractivity contribution in [1.82, 2.24) is 4.98 Å². The zero-order chi connectivity index (χ0) is 13.8. The van der Waals surface area contributed by atoms with Gasteiger partial charge in [0.25, 0.3) is 0 Å². The first kappa shape index (κ1) is 13.5. The average molecular weight is 260 g/mol. The Kier molecular flexibility index (Phi) is 4.12. The van der Waals surface area contributed by atoms with E-state index in [4.69, 9.17) is 0 Å². The van der Waals surface area contributed by atoms with Crippen LogP contribution in [0.2, 0.25) is 0 Å². The minimum Gasteiger partial charge on any atom is -0.392 e. The average Bonchev–Trinajstić information content (AvgIpc) is 2.46. The Morgan fingerprint density at radius 2 is 2.05 bits per heavy atom. The van der Waals surface area contributed by atoms with Crippen molar-refractivity contribution in [3.05, 3.63) is 59.7 Å². The van der Waals surface area contributed by atoms with E-state index in [1.165, 1.54) is 6.07 Å². The fourth-order valence-electron chi connectivity index (χ4n) is 2.12. The standard InChI is InChI=1S/C15H17FN2O/c1-11(13-5-3-4-6-14(13)16)18(2)15-7-8-17-9-12(15)10-19/h3-9,11,19H,10H2,1-2H3. The summed E-state index contributed by atoms with van der Waals surface area (Å²) in [5, 5.41) is 9.33. The van der Waals surface area contributed by atoms with Crippen molar-refractivity contribution < 1.29 is 9.50 Å². The van der Waals surface area contributed by atoms with Gasteiger partial charge in [-0.15, -0.1) is 0 Å². The lowest BCUT2D eigenvalue weighted by molar-refractivity contribution is 0.281. The van der Waals surface area contributed by atoms with Gasteiger partial charge in [0.05, 0.1) is 12.6 Å². The second-order valence-corrected chi connectivity index (χ2v) is 4.47. The molecule has 1 aromatic carbocycles. The molecule has 0 aliphatic heterocycles. The molecule has 1 aromatic heterocycles. The molecule has 0 amide bonds. The van der Waals surface area contributed by atoms with Crippen molar-refractivity contribution in [2.75, 3.05) is 11.9 Å². The van der Waals surface area contributed by atoms with E-state index in [-0.39, 0.29) is 18.5 Å². The first-order chi connectivity index (χ1) is 9.15. The van der Waals surface area contributed by atoms with E-state index in [0.29, 0.717) is 5.56 Å². The van der Waals surface area contributed by atoms with E-state index >= 15 is 0 Å². The van der Waals surface area contributed by atoms with Gasteiger partial charge in [-0.05, 0) is 19.1 Å². The number of rotatable bonds is 4. The maximum Gasteiger partial charge on any atom is 0.128 e. The molecule has 0 fully saturated rings. The molecule has 2 rings (SSSR count). The van der Waals surface area contributed by atoms with Crippen LogP contribution in [0.4, 0.5) is 10.1 Å². The SMILES string of the molecule is CC(c1ccccc1F)N(C)c1ccncc1CO.